The molecule has 10 nitrogen and oxygen atoms in total. The average Bonchev–Trinajstić information content (AvgIpc) is 3.49. The first-order valence-electron chi connectivity index (χ1n) is 20.5. The Morgan fingerprint density at radius 2 is 1.39 bits per heavy atom. The predicted octanol–water partition coefficient (Wildman–Crippen LogP) is 6.38. The molecule has 0 radical (unpaired) electrons. The summed E-state index contributed by atoms with van der Waals surface area (Å²) >= 11 is 0. The van der Waals surface area contributed by atoms with E-state index in [0.717, 1.165) is 94.1 Å². The van der Waals surface area contributed by atoms with E-state index in [2.05, 4.69) is 81.5 Å². The number of aromatic hydroxyl groups is 1. The molecule has 1 unspecified atom stereocenters. The zero-order valence-corrected chi connectivity index (χ0v) is 32.7. The summed E-state index contributed by atoms with van der Waals surface area (Å²) in [6, 6.07) is 32.2. The van der Waals surface area contributed by atoms with Crippen LogP contribution in [0, 0.1) is 0 Å². The number of allylic oxidation sites excluding steroid dienone is 1. The first-order chi connectivity index (χ1) is 27.8. The van der Waals surface area contributed by atoms with Crippen LogP contribution in [0.2, 0.25) is 0 Å². The Balaban J connectivity index is 0.809. The molecule has 0 aromatic heterocycles. The van der Waals surface area contributed by atoms with Crippen LogP contribution in [-0.4, -0.2) is 101 Å². The SMILES string of the molecule is CC/C(=C(\c1ccc(O)cc1)c1ccc(CCCN2CCC(N3CCN(c4ccc5c(c4)C(=O)N(C4CCC(=O)NC4=O)C5=O)CC3)CC2)cc1)c1ccccc1. The number of rotatable bonds is 11. The summed E-state index contributed by atoms with van der Waals surface area (Å²) in [5.74, 6) is -1.64. The van der Waals surface area contributed by atoms with Gasteiger partial charge in [-0.15, -0.1) is 0 Å². The van der Waals surface area contributed by atoms with Gasteiger partial charge < -0.3 is 14.9 Å². The van der Waals surface area contributed by atoms with Gasteiger partial charge in [-0.2, -0.15) is 0 Å². The van der Waals surface area contributed by atoms with Crippen molar-refractivity contribution in [2.45, 2.75) is 64.0 Å². The molecule has 294 valence electrons. The number of phenols is 1. The van der Waals surface area contributed by atoms with Gasteiger partial charge in [0.2, 0.25) is 11.8 Å². The van der Waals surface area contributed by atoms with Crippen molar-refractivity contribution in [1.29, 1.82) is 0 Å². The number of benzene rings is 4. The van der Waals surface area contributed by atoms with Gasteiger partial charge >= 0.3 is 0 Å². The molecule has 10 heteroatoms. The summed E-state index contributed by atoms with van der Waals surface area (Å²) < 4.78 is 0. The monoisotopic (exact) mass is 765 g/mol. The normalized spacial score (nSPS) is 20.1. The van der Waals surface area contributed by atoms with Crippen LogP contribution in [0.3, 0.4) is 0 Å². The van der Waals surface area contributed by atoms with Gasteiger partial charge in [0.05, 0.1) is 11.1 Å². The highest BCUT2D eigenvalue weighted by Crippen LogP contribution is 2.36. The number of piperazine rings is 1. The third kappa shape index (κ3) is 8.15. The summed E-state index contributed by atoms with van der Waals surface area (Å²) in [7, 11) is 0. The highest BCUT2D eigenvalue weighted by atomic mass is 16.3. The van der Waals surface area contributed by atoms with Gasteiger partial charge in [0, 0.05) is 44.3 Å². The molecule has 1 atom stereocenters. The standard InChI is InChI=1S/C47H51N5O5/c1-2-39(33-8-4-3-5-9-33)44(35-14-17-38(53)18-15-35)34-12-10-32(11-13-34)7-6-24-49-25-22-36(23-26-49)50-27-29-51(30-28-50)37-16-19-40-41(31-37)47(57)52(46(40)56)42-20-21-43(54)48-45(42)55/h3-5,8-19,31,36,42,53H,2,6-7,20-30H2,1H3,(H,48,54,55)/b44-39+. The smallest absolute Gasteiger partial charge is 0.262 e. The van der Waals surface area contributed by atoms with Crippen LogP contribution in [0.5, 0.6) is 5.75 Å². The Bertz CT molecular complexity index is 2150. The van der Waals surface area contributed by atoms with Crippen molar-refractivity contribution in [3.8, 4) is 5.75 Å². The summed E-state index contributed by atoms with van der Waals surface area (Å²) in [4.78, 5) is 59.1. The van der Waals surface area contributed by atoms with Crippen LogP contribution in [-0.2, 0) is 16.0 Å². The Labute approximate surface area is 334 Å². The van der Waals surface area contributed by atoms with Gasteiger partial charge in [0.25, 0.3) is 11.8 Å². The second-order valence-corrected chi connectivity index (χ2v) is 15.7. The molecule has 3 fully saturated rings. The predicted molar refractivity (Wildman–Crippen MR) is 222 cm³/mol. The number of nitrogens with one attached hydrogen (secondary N) is 1. The van der Waals surface area contributed by atoms with E-state index in [9.17, 15) is 24.3 Å². The molecule has 4 heterocycles. The second-order valence-electron chi connectivity index (χ2n) is 15.7. The quantitative estimate of drug-likeness (QED) is 0.134. The van der Waals surface area contributed by atoms with Crippen molar-refractivity contribution in [3.05, 3.63) is 130 Å². The van der Waals surface area contributed by atoms with Crippen molar-refractivity contribution < 1.29 is 24.3 Å². The summed E-state index contributed by atoms with van der Waals surface area (Å²) in [6.07, 6.45) is 5.63. The molecular formula is C47H51N5O5. The van der Waals surface area contributed by atoms with Crippen molar-refractivity contribution in [1.82, 2.24) is 20.0 Å². The molecule has 0 bridgehead atoms. The molecule has 0 saturated carbocycles. The molecule has 4 aliphatic rings. The maximum absolute atomic E-state index is 13.4. The number of anilines is 1. The molecule has 2 N–H and O–H groups in total. The number of phenolic OH excluding ortho intramolecular Hbond substituents is 1. The second kappa shape index (κ2) is 16.9. The van der Waals surface area contributed by atoms with Gasteiger partial charge in [-0.25, -0.2) is 0 Å². The Morgan fingerprint density at radius 3 is 2.05 bits per heavy atom. The molecule has 4 amide bonds. The van der Waals surface area contributed by atoms with E-state index in [1.54, 1.807) is 24.3 Å². The maximum atomic E-state index is 13.4. The molecule has 57 heavy (non-hydrogen) atoms. The lowest BCUT2D eigenvalue weighted by atomic mass is 9.87. The maximum Gasteiger partial charge on any atom is 0.262 e. The minimum Gasteiger partial charge on any atom is -0.508 e. The van der Waals surface area contributed by atoms with Crippen LogP contribution in [0.4, 0.5) is 5.69 Å². The van der Waals surface area contributed by atoms with Crippen LogP contribution < -0.4 is 10.2 Å². The number of carbonyl (C=O) groups excluding carboxylic acids is 4. The van der Waals surface area contributed by atoms with Crippen LogP contribution >= 0.6 is 0 Å². The van der Waals surface area contributed by atoms with Gasteiger partial charge in [-0.1, -0.05) is 73.7 Å². The summed E-state index contributed by atoms with van der Waals surface area (Å²) in [5, 5.41) is 12.2. The number of nitrogens with zero attached hydrogens (tertiary/aromatic N) is 4. The number of fused-ring (bicyclic) bond motifs is 1. The fraction of sp³-hybridized carbons (Fsp3) is 0.362. The number of hydrogen-bond acceptors (Lipinski definition) is 8. The molecular weight excluding hydrogens is 715 g/mol. The number of piperidine rings is 2. The third-order valence-corrected chi connectivity index (χ3v) is 12.3. The largest absolute Gasteiger partial charge is 0.508 e. The molecule has 8 rings (SSSR count). The zero-order chi connectivity index (χ0) is 39.5. The summed E-state index contributed by atoms with van der Waals surface area (Å²) in [6.45, 7) is 9.08. The molecule has 0 spiro atoms. The highest BCUT2D eigenvalue weighted by molar-refractivity contribution is 6.23. The van der Waals surface area contributed by atoms with Crippen LogP contribution in [0.1, 0.15) is 88.4 Å². The first kappa shape index (κ1) is 38.3. The van der Waals surface area contributed by atoms with E-state index >= 15 is 0 Å². The number of imide groups is 2. The van der Waals surface area contributed by atoms with Crippen LogP contribution in [0.25, 0.3) is 11.1 Å². The van der Waals surface area contributed by atoms with Crippen molar-refractivity contribution in [2.75, 3.05) is 50.7 Å². The van der Waals surface area contributed by atoms with E-state index in [1.165, 1.54) is 27.8 Å². The zero-order valence-electron chi connectivity index (χ0n) is 32.7. The number of hydrogen-bond donors (Lipinski definition) is 2. The fourth-order valence-electron chi connectivity index (χ4n) is 9.16. The topological polar surface area (TPSA) is 114 Å². The number of amides is 4. The lowest BCUT2D eigenvalue weighted by Crippen LogP contribution is -2.54. The van der Waals surface area contributed by atoms with E-state index in [4.69, 9.17) is 0 Å². The van der Waals surface area contributed by atoms with Crippen LogP contribution in [0.15, 0.2) is 97.1 Å². The fourth-order valence-corrected chi connectivity index (χ4v) is 9.16. The molecule has 4 aliphatic heterocycles. The lowest BCUT2D eigenvalue weighted by molar-refractivity contribution is -0.136. The van der Waals surface area contributed by atoms with Crippen molar-refractivity contribution >= 4 is 40.5 Å². The van der Waals surface area contributed by atoms with Crippen molar-refractivity contribution in [3.63, 3.8) is 0 Å². The summed E-state index contributed by atoms with van der Waals surface area (Å²) in [5.41, 5.74) is 8.90. The van der Waals surface area contributed by atoms with Gasteiger partial charge in [-0.3, -0.25) is 34.3 Å². The highest BCUT2D eigenvalue weighted by Gasteiger charge is 2.45. The third-order valence-electron chi connectivity index (χ3n) is 12.3. The molecule has 4 aromatic carbocycles. The number of aryl methyl sites for hydroxylation is 1. The number of likely N-dealkylation sites (tertiary alicyclic amines) is 1. The van der Waals surface area contributed by atoms with Gasteiger partial charge in [0.15, 0.2) is 0 Å². The molecule has 3 saturated heterocycles. The van der Waals surface area contributed by atoms with E-state index in [-0.39, 0.29) is 24.5 Å². The number of carbonyl (C=O) groups is 4. The minimum atomic E-state index is -0.957. The van der Waals surface area contributed by atoms with E-state index in [0.29, 0.717) is 17.2 Å². The van der Waals surface area contributed by atoms with Gasteiger partial charge in [0.1, 0.15) is 11.8 Å². The first-order valence-corrected chi connectivity index (χ1v) is 20.5. The van der Waals surface area contributed by atoms with Gasteiger partial charge in [-0.05, 0) is 122 Å². The van der Waals surface area contributed by atoms with E-state index < -0.39 is 23.8 Å². The van der Waals surface area contributed by atoms with E-state index in [1.807, 2.05) is 18.2 Å². The Hall–Kier alpha value is -5.58. The lowest BCUT2D eigenvalue weighted by Gasteiger charge is -2.43. The molecule has 0 aliphatic carbocycles. The molecule has 4 aromatic rings. The van der Waals surface area contributed by atoms with Crippen molar-refractivity contribution in [2.24, 2.45) is 0 Å². The Morgan fingerprint density at radius 1 is 0.719 bits per heavy atom. The Kier molecular flexibility index (Phi) is 11.3. The average molecular weight is 766 g/mol. The minimum absolute atomic E-state index is 0.105.